The molecule has 0 saturated heterocycles. The molecule has 0 heterocycles. The second kappa shape index (κ2) is 27.5. The third-order valence-corrected chi connectivity index (χ3v) is 21.3. The molecule has 12 fully saturated rings. The fourth-order valence-electron chi connectivity index (χ4n) is 15.1. The number of esters is 5. The zero-order chi connectivity index (χ0) is 62.4. The molecule has 16 heteroatoms. The minimum atomic E-state index is -0.582. The summed E-state index contributed by atoms with van der Waals surface area (Å²) in [5.74, 6) is 3.01. The number of ketones is 1. The average molecular weight is 1180 g/mol. The van der Waals surface area contributed by atoms with Crippen molar-refractivity contribution in [2.24, 2.45) is 68.5 Å². The highest BCUT2D eigenvalue weighted by molar-refractivity contribution is 5.86. The molecule has 12 saturated carbocycles. The van der Waals surface area contributed by atoms with Gasteiger partial charge >= 0.3 is 29.8 Å². The van der Waals surface area contributed by atoms with Crippen LogP contribution in [0.1, 0.15) is 252 Å². The van der Waals surface area contributed by atoms with Crippen LogP contribution >= 0.6 is 0 Å². The molecule has 7 unspecified atom stereocenters. The van der Waals surface area contributed by atoms with Crippen molar-refractivity contribution >= 4 is 35.6 Å². The Balaban J connectivity index is 0.000000195. The first-order chi connectivity index (χ1) is 38.4. The van der Waals surface area contributed by atoms with Crippen LogP contribution in [0.15, 0.2) is 0 Å². The van der Waals surface area contributed by atoms with Crippen molar-refractivity contribution in [2.75, 3.05) is 33.0 Å². The first-order valence-electron chi connectivity index (χ1n) is 32.2. The number of Topliss-reactive ketones (excluding diaryl/α,β-unsaturated/α-hetero) is 1. The van der Waals surface area contributed by atoms with E-state index in [1.54, 1.807) is 6.92 Å². The highest BCUT2D eigenvalue weighted by Gasteiger charge is 2.62. The Bertz CT molecular complexity index is 2180. The average Bonchev–Trinajstić information content (AvgIpc) is 2.19. The molecule has 0 amide bonds. The standard InChI is InChI=1S/C18H30O4.C16H26O3.C16H24O3.C9H18O3.C8H16O3/c1-4-16(2,3)15(20)22-18-10-13-7-14(11-18)9-17(8-13,12-18)21-6-5-19;1-4-14(2,3)13(17)19-16-8-11-5-12(9-16)7-15(18,6-11)10-16;1-4-15(2,3)14(18)19-16-7-10-5-11(8-16)13(17)12(6-10)9-16;1-5-9(3,4)8(11)12-6-7(2)10;1-4-8(2,3)7(10)11-6-5-9/h13-14,19H,4-12H2,1-3H3;11-12,18H,4-10H2,1-3H3;10-12H,4-9H2,1-3H3;7,10H,5-6H2,1-4H3;9H,4-6H2,1-3H3. The van der Waals surface area contributed by atoms with Gasteiger partial charge in [0.15, 0.2) is 0 Å². The van der Waals surface area contributed by atoms with Crippen LogP contribution in [-0.4, -0.2) is 123 Å². The number of carbonyl (C=O) groups is 6. The second-order valence-corrected chi connectivity index (χ2v) is 30.9. The predicted molar refractivity (Wildman–Crippen MR) is 316 cm³/mol. The number of ether oxygens (including phenoxy) is 6. The largest absolute Gasteiger partial charge is 0.463 e. The van der Waals surface area contributed by atoms with Gasteiger partial charge in [0.1, 0.15) is 35.8 Å². The van der Waals surface area contributed by atoms with Crippen LogP contribution in [0, 0.1) is 68.5 Å². The number of hydrogen-bond donors (Lipinski definition) is 4. The lowest BCUT2D eigenvalue weighted by molar-refractivity contribution is -0.239. The maximum Gasteiger partial charge on any atom is 0.312 e. The Hall–Kier alpha value is -3.18. The molecule has 16 nitrogen and oxygen atoms in total. The number of hydrogen-bond acceptors (Lipinski definition) is 16. The van der Waals surface area contributed by atoms with E-state index in [1.165, 1.54) is 12.8 Å². The van der Waals surface area contributed by atoms with Crippen molar-refractivity contribution in [3.05, 3.63) is 0 Å². The van der Waals surface area contributed by atoms with Crippen LogP contribution < -0.4 is 0 Å². The topological polar surface area (TPSA) is 239 Å². The lowest BCUT2D eigenvalue weighted by Crippen LogP contribution is -2.62. The summed E-state index contributed by atoms with van der Waals surface area (Å²) < 4.78 is 33.8. The van der Waals surface area contributed by atoms with E-state index >= 15 is 0 Å². The molecule has 83 heavy (non-hydrogen) atoms. The molecule has 0 spiro atoms. The lowest BCUT2D eigenvalue weighted by Gasteiger charge is -2.61. The highest BCUT2D eigenvalue weighted by atomic mass is 16.6. The first-order valence-corrected chi connectivity index (χ1v) is 32.2. The highest BCUT2D eigenvalue weighted by Crippen LogP contribution is 2.62. The molecule has 0 aromatic rings. The normalized spacial score (nSPS) is 33.6. The summed E-state index contributed by atoms with van der Waals surface area (Å²) in [6, 6.07) is 0. The van der Waals surface area contributed by atoms with Gasteiger partial charge in [-0.2, -0.15) is 0 Å². The molecule has 0 aromatic heterocycles. The van der Waals surface area contributed by atoms with Gasteiger partial charge in [0.2, 0.25) is 0 Å². The maximum absolute atomic E-state index is 12.6. The third-order valence-electron chi connectivity index (χ3n) is 21.3. The van der Waals surface area contributed by atoms with E-state index in [1.807, 2.05) is 104 Å². The van der Waals surface area contributed by atoms with Crippen molar-refractivity contribution in [3.8, 4) is 0 Å². The van der Waals surface area contributed by atoms with Crippen LogP contribution in [-0.2, 0) is 57.2 Å². The fourth-order valence-corrected chi connectivity index (χ4v) is 15.1. The van der Waals surface area contributed by atoms with Crippen molar-refractivity contribution in [1.82, 2.24) is 0 Å². The van der Waals surface area contributed by atoms with Crippen molar-refractivity contribution in [1.29, 1.82) is 0 Å². The molecule has 478 valence electrons. The number of aliphatic hydroxyl groups excluding tert-OH is 3. The summed E-state index contributed by atoms with van der Waals surface area (Å²) in [6.07, 6.45) is 19.8. The number of carbonyl (C=O) groups excluding carboxylic acids is 6. The van der Waals surface area contributed by atoms with Gasteiger partial charge in [-0.05, 0) is 234 Å². The summed E-state index contributed by atoms with van der Waals surface area (Å²) in [4.78, 5) is 71.8. The Labute approximate surface area is 499 Å². The van der Waals surface area contributed by atoms with Crippen molar-refractivity contribution in [2.45, 2.75) is 286 Å². The predicted octanol–water partition coefficient (Wildman–Crippen LogP) is 11.5. The van der Waals surface area contributed by atoms with Gasteiger partial charge in [0, 0.05) is 24.7 Å². The molecule has 0 aliphatic heterocycles. The van der Waals surface area contributed by atoms with E-state index in [4.69, 9.17) is 43.7 Å². The van der Waals surface area contributed by atoms with E-state index < -0.39 is 38.8 Å². The Morgan fingerprint density at radius 2 is 0.795 bits per heavy atom. The van der Waals surface area contributed by atoms with Crippen LogP contribution in [0.3, 0.4) is 0 Å². The van der Waals surface area contributed by atoms with Crippen LogP contribution in [0.25, 0.3) is 0 Å². The van der Waals surface area contributed by atoms with Crippen LogP contribution in [0.4, 0.5) is 0 Å². The molecular formula is C67H114O16. The minimum absolute atomic E-state index is 0.0609. The van der Waals surface area contributed by atoms with Gasteiger partial charge in [-0.25, -0.2) is 0 Å². The maximum atomic E-state index is 12.6. The Kier molecular flexibility index (Phi) is 23.4. The second-order valence-electron chi connectivity index (χ2n) is 30.9. The van der Waals surface area contributed by atoms with Gasteiger partial charge in [-0.15, -0.1) is 0 Å². The smallest absolute Gasteiger partial charge is 0.312 e. The van der Waals surface area contributed by atoms with Crippen LogP contribution in [0.2, 0.25) is 0 Å². The number of rotatable bonds is 20. The molecule has 12 bridgehead atoms. The molecule has 12 rings (SSSR count). The third kappa shape index (κ3) is 17.8. The summed E-state index contributed by atoms with van der Waals surface area (Å²) in [5, 5.41) is 37.0. The molecule has 7 atom stereocenters. The quantitative estimate of drug-likeness (QED) is 0.0655. The number of aliphatic hydroxyl groups is 4. The molecule has 12 aliphatic carbocycles. The SMILES string of the molecule is CCC(C)(C)C(=O)OC12CC3CC(C1)C(=O)C(C3)C2.CCC(C)(C)C(=O)OC12CC3CC(CC(O)(C3)C1)C2.CCC(C)(C)C(=O)OC12CC3CC(CC(OCCO)(C3)C1)C2.CCC(C)(C)C(=O)OCC(C)O.CCC(C)(C)C(=O)OCCO. The summed E-state index contributed by atoms with van der Waals surface area (Å²) in [5.41, 5.74) is -3.80. The van der Waals surface area contributed by atoms with Crippen molar-refractivity contribution < 1.29 is 77.6 Å². The van der Waals surface area contributed by atoms with E-state index in [0.29, 0.717) is 48.4 Å². The first kappa shape index (κ1) is 70.6. The van der Waals surface area contributed by atoms with E-state index in [-0.39, 0.29) is 90.5 Å². The van der Waals surface area contributed by atoms with Gasteiger partial charge in [0.25, 0.3) is 0 Å². The fraction of sp³-hybridized carbons (Fsp3) is 0.910. The van der Waals surface area contributed by atoms with E-state index in [2.05, 4.69) is 0 Å². The zero-order valence-corrected chi connectivity index (χ0v) is 54.4. The van der Waals surface area contributed by atoms with Gasteiger partial charge in [-0.1, -0.05) is 34.6 Å². The summed E-state index contributed by atoms with van der Waals surface area (Å²) >= 11 is 0. The minimum Gasteiger partial charge on any atom is -0.463 e. The molecule has 4 N–H and O–H groups in total. The summed E-state index contributed by atoms with van der Waals surface area (Å²) in [7, 11) is 0. The molecular weight excluding hydrogens is 1060 g/mol. The Morgan fingerprint density at radius 1 is 0.458 bits per heavy atom. The lowest BCUT2D eigenvalue weighted by atomic mass is 9.52. The Morgan fingerprint density at radius 3 is 1.17 bits per heavy atom. The van der Waals surface area contributed by atoms with Crippen molar-refractivity contribution in [3.63, 3.8) is 0 Å². The molecule has 0 radical (unpaired) electrons. The molecule has 12 aliphatic rings. The van der Waals surface area contributed by atoms with E-state index in [0.717, 1.165) is 122 Å². The van der Waals surface area contributed by atoms with Crippen LogP contribution in [0.5, 0.6) is 0 Å². The zero-order valence-electron chi connectivity index (χ0n) is 54.4. The van der Waals surface area contributed by atoms with Gasteiger partial charge < -0.3 is 48.8 Å². The summed E-state index contributed by atoms with van der Waals surface area (Å²) in [6.45, 7) is 31.1. The van der Waals surface area contributed by atoms with E-state index in [9.17, 15) is 33.9 Å². The van der Waals surface area contributed by atoms with Gasteiger partial charge in [-0.3, -0.25) is 28.8 Å². The monoisotopic (exact) mass is 1170 g/mol. The molecule has 0 aromatic carbocycles. The van der Waals surface area contributed by atoms with Gasteiger partial charge in [0.05, 0.1) is 64.2 Å².